The van der Waals surface area contributed by atoms with Crippen LogP contribution in [0.1, 0.15) is 5.56 Å². The maximum Gasteiger partial charge on any atom is 0.162 e. The second-order valence-corrected chi connectivity index (χ2v) is 8.68. The van der Waals surface area contributed by atoms with Gasteiger partial charge in [-0.25, -0.2) is 0 Å². The molecule has 0 aromatic heterocycles. The largest absolute Gasteiger partial charge is 0.493 e. The predicted molar refractivity (Wildman–Crippen MR) is 138 cm³/mol. The Bertz CT molecular complexity index is 1230. The highest BCUT2D eigenvalue weighted by Gasteiger charge is 2.23. The van der Waals surface area contributed by atoms with E-state index in [-0.39, 0.29) is 0 Å². The third-order valence-electron chi connectivity index (χ3n) is 5.50. The van der Waals surface area contributed by atoms with Crippen molar-refractivity contribution in [2.75, 3.05) is 30.7 Å². The molecule has 0 radical (unpaired) electrons. The van der Waals surface area contributed by atoms with E-state index in [1.807, 2.05) is 36.0 Å². The fourth-order valence-corrected chi connectivity index (χ4v) is 4.79. The Morgan fingerprint density at radius 1 is 0.818 bits per heavy atom. The van der Waals surface area contributed by atoms with Crippen molar-refractivity contribution in [3.63, 3.8) is 0 Å². The highest BCUT2D eigenvalue weighted by molar-refractivity contribution is 8.03. The van der Waals surface area contributed by atoms with Gasteiger partial charge in [0, 0.05) is 39.9 Å². The van der Waals surface area contributed by atoms with Gasteiger partial charge in [-0.1, -0.05) is 30.3 Å². The molecule has 0 fully saturated rings. The van der Waals surface area contributed by atoms with Crippen molar-refractivity contribution in [2.45, 2.75) is 0 Å². The van der Waals surface area contributed by atoms with E-state index in [0.29, 0.717) is 11.5 Å². The first kappa shape index (κ1) is 21.1. The third-order valence-corrected chi connectivity index (χ3v) is 6.47. The number of thioether (sulfide) groups is 1. The van der Waals surface area contributed by atoms with Crippen LogP contribution < -0.4 is 20.2 Å². The molecular weight excluding hydrogens is 430 g/mol. The van der Waals surface area contributed by atoms with E-state index in [4.69, 9.17) is 9.47 Å². The number of hydrazine groups is 1. The van der Waals surface area contributed by atoms with Crippen LogP contribution in [-0.4, -0.2) is 25.0 Å². The summed E-state index contributed by atoms with van der Waals surface area (Å²) in [6.07, 6.45) is 6.69. The third kappa shape index (κ3) is 4.56. The quantitative estimate of drug-likeness (QED) is 0.416. The molecule has 6 heteroatoms. The highest BCUT2D eigenvalue weighted by atomic mass is 32.2. The van der Waals surface area contributed by atoms with Crippen molar-refractivity contribution < 1.29 is 9.47 Å². The van der Waals surface area contributed by atoms with Crippen LogP contribution in [0.15, 0.2) is 102 Å². The standard InChI is InChI=1S/C27H25N3O2S/c1-31-25-13-12-23(17-26(25)32-2)28-21-8-10-22(11-9-21)29-30-18-20(19-6-4-3-5-7-19)16-27-24(30)14-15-33-27/h3-14,16-18,28-29H,15H2,1-2H3. The first-order chi connectivity index (χ1) is 16.2. The maximum atomic E-state index is 5.40. The van der Waals surface area contributed by atoms with E-state index in [2.05, 4.69) is 82.6 Å². The SMILES string of the molecule is COc1ccc(Nc2ccc(NN3C=C(c4ccccc4)C=C4SCC=C43)cc2)cc1OC. The van der Waals surface area contributed by atoms with Crippen molar-refractivity contribution in [2.24, 2.45) is 0 Å². The Hall–Kier alpha value is -3.77. The molecule has 3 aromatic rings. The molecular formula is C27H25N3O2S. The number of nitrogens with one attached hydrogen (secondary N) is 2. The molecule has 166 valence electrons. The minimum Gasteiger partial charge on any atom is -0.493 e. The molecule has 0 atom stereocenters. The summed E-state index contributed by atoms with van der Waals surface area (Å²) < 4.78 is 10.7. The monoisotopic (exact) mass is 455 g/mol. The van der Waals surface area contributed by atoms with E-state index in [9.17, 15) is 0 Å². The van der Waals surface area contributed by atoms with Gasteiger partial charge in [0.15, 0.2) is 11.5 Å². The van der Waals surface area contributed by atoms with Crippen LogP contribution in [0.5, 0.6) is 11.5 Å². The lowest BCUT2D eigenvalue weighted by Gasteiger charge is -2.29. The Kier molecular flexibility index (Phi) is 6.00. The van der Waals surface area contributed by atoms with Crippen molar-refractivity contribution in [3.05, 3.63) is 107 Å². The van der Waals surface area contributed by atoms with Gasteiger partial charge in [0.1, 0.15) is 0 Å². The van der Waals surface area contributed by atoms with Crippen LogP contribution in [0.4, 0.5) is 17.1 Å². The molecule has 5 rings (SSSR count). The summed E-state index contributed by atoms with van der Waals surface area (Å²) in [6.45, 7) is 0. The summed E-state index contributed by atoms with van der Waals surface area (Å²) in [6, 6.07) is 24.5. The molecule has 2 aliphatic heterocycles. The number of anilines is 3. The highest BCUT2D eigenvalue weighted by Crippen LogP contribution is 2.40. The van der Waals surface area contributed by atoms with Gasteiger partial charge in [0.05, 0.1) is 25.6 Å². The van der Waals surface area contributed by atoms with E-state index in [1.165, 1.54) is 21.7 Å². The molecule has 0 spiro atoms. The van der Waals surface area contributed by atoms with Crippen molar-refractivity contribution >= 4 is 34.4 Å². The minimum absolute atomic E-state index is 0.693. The molecule has 0 aliphatic carbocycles. The summed E-state index contributed by atoms with van der Waals surface area (Å²) in [4.78, 5) is 1.29. The number of hydrogen-bond acceptors (Lipinski definition) is 6. The van der Waals surface area contributed by atoms with E-state index < -0.39 is 0 Å². The van der Waals surface area contributed by atoms with Crippen LogP contribution in [0.25, 0.3) is 5.57 Å². The van der Waals surface area contributed by atoms with Gasteiger partial charge in [-0.15, -0.1) is 11.8 Å². The minimum atomic E-state index is 0.693. The fraction of sp³-hybridized carbons (Fsp3) is 0.111. The van der Waals surface area contributed by atoms with Crippen LogP contribution in [0.2, 0.25) is 0 Å². The van der Waals surface area contributed by atoms with Gasteiger partial charge in [0.2, 0.25) is 0 Å². The van der Waals surface area contributed by atoms with Crippen LogP contribution in [0.3, 0.4) is 0 Å². The summed E-state index contributed by atoms with van der Waals surface area (Å²) in [5.74, 6) is 2.39. The van der Waals surface area contributed by atoms with Crippen molar-refractivity contribution in [3.8, 4) is 11.5 Å². The van der Waals surface area contributed by atoms with Gasteiger partial charge >= 0.3 is 0 Å². The fourth-order valence-electron chi connectivity index (χ4n) is 3.83. The Balaban J connectivity index is 1.32. The molecule has 2 heterocycles. The number of ether oxygens (including phenoxy) is 2. The Morgan fingerprint density at radius 2 is 1.55 bits per heavy atom. The number of rotatable bonds is 7. The number of fused-ring (bicyclic) bond motifs is 1. The van der Waals surface area contributed by atoms with Gasteiger partial charge in [-0.2, -0.15) is 0 Å². The number of nitrogens with zero attached hydrogens (tertiary/aromatic N) is 1. The Morgan fingerprint density at radius 3 is 2.30 bits per heavy atom. The van der Waals surface area contributed by atoms with E-state index >= 15 is 0 Å². The smallest absolute Gasteiger partial charge is 0.162 e. The molecule has 0 saturated heterocycles. The summed E-state index contributed by atoms with van der Waals surface area (Å²) in [5.41, 5.74) is 10.1. The van der Waals surface area contributed by atoms with Crippen LogP contribution >= 0.6 is 11.8 Å². The first-order valence-electron chi connectivity index (χ1n) is 10.7. The second-order valence-electron chi connectivity index (χ2n) is 7.61. The summed E-state index contributed by atoms with van der Waals surface area (Å²) in [5, 5.41) is 5.53. The van der Waals surface area contributed by atoms with Gasteiger partial charge in [-0.3, -0.25) is 10.4 Å². The molecule has 2 N–H and O–H groups in total. The van der Waals surface area contributed by atoms with Gasteiger partial charge in [0.25, 0.3) is 0 Å². The zero-order chi connectivity index (χ0) is 22.6. The van der Waals surface area contributed by atoms with Crippen LogP contribution in [0, 0.1) is 0 Å². The lowest BCUT2D eigenvalue weighted by molar-refractivity contribution is 0.355. The van der Waals surface area contributed by atoms with E-state index in [0.717, 1.165) is 22.8 Å². The molecule has 3 aromatic carbocycles. The molecule has 0 bridgehead atoms. The number of allylic oxidation sites excluding steroid dienone is 2. The Labute approximate surface area is 198 Å². The maximum absolute atomic E-state index is 5.40. The average molecular weight is 456 g/mol. The lowest BCUT2D eigenvalue weighted by atomic mass is 10.0. The number of benzene rings is 3. The first-order valence-corrected chi connectivity index (χ1v) is 11.7. The second kappa shape index (κ2) is 9.38. The normalized spacial score (nSPS) is 14.6. The molecule has 2 aliphatic rings. The van der Waals surface area contributed by atoms with Crippen molar-refractivity contribution in [1.29, 1.82) is 0 Å². The predicted octanol–water partition coefficient (Wildman–Crippen LogP) is 6.65. The van der Waals surface area contributed by atoms with Crippen LogP contribution in [-0.2, 0) is 0 Å². The van der Waals surface area contributed by atoms with Gasteiger partial charge in [-0.05, 0) is 54.1 Å². The lowest BCUT2D eigenvalue weighted by Crippen LogP contribution is -2.25. The molecule has 0 saturated carbocycles. The molecule has 0 unspecified atom stereocenters. The zero-order valence-corrected chi connectivity index (χ0v) is 19.4. The summed E-state index contributed by atoms with van der Waals surface area (Å²) in [7, 11) is 3.27. The average Bonchev–Trinajstić information content (AvgIpc) is 3.35. The molecule has 5 nitrogen and oxygen atoms in total. The molecule has 0 amide bonds. The van der Waals surface area contributed by atoms with E-state index in [1.54, 1.807) is 14.2 Å². The molecule has 33 heavy (non-hydrogen) atoms. The van der Waals surface area contributed by atoms with Crippen molar-refractivity contribution in [1.82, 2.24) is 5.01 Å². The number of methoxy groups -OCH3 is 2. The zero-order valence-electron chi connectivity index (χ0n) is 18.5. The number of hydrogen-bond donors (Lipinski definition) is 2. The topological polar surface area (TPSA) is 45.8 Å². The van der Waals surface area contributed by atoms with Gasteiger partial charge < -0.3 is 14.8 Å². The summed E-state index contributed by atoms with van der Waals surface area (Å²) >= 11 is 1.87.